The third-order valence-electron chi connectivity index (χ3n) is 2.24. The zero-order chi connectivity index (χ0) is 12.1. The molecule has 0 aliphatic rings. The molecule has 0 saturated heterocycles. The lowest BCUT2D eigenvalue weighted by atomic mass is 10.3. The number of hydrogen-bond acceptors (Lipinski definition) is 3. The maximum Gasteiger partial charge on any atom is 0.355 e. The van der Waals surface area contributed by atoms with E-state index in [1.807, 2.05) is 36.4 Å². The third-order valence-corrected chi connectivity index (χ3v) is 3.21. The minimum atomic E-state index is 0.0502. The first kappa shape index (κ1) is 11.5. The molecule has 0 fully saturated rings. The van der Waals surface area contributed by atoms with Crippen molar-refractivity contribution in [2.75, 3.05) is 7.11 Å². The molecular weight excluding hydrogens is 232 g/mol. The number of methoxy groups -OCH3 is 1. The summed E-state index contributed by atoms with van der Waals surface area (Å²) in [6, 6.07) is 14.6. The predicted octanol–water partition coefficient (Wildman–Crippen LogP) is 1.72. The fourth-order valence-electron chi connectivity index (χ4n) is 1.37. The van der Waals surface area contributed by atoms with Crippen molar-refractivity contribution in [2.24, 2.45) is 0 Å². The molecule has 3 nitrogen and oxygen atoms in total. The molecule has 0 aliphatic heterocycles. The Morgan fingerprint density at radius 1 is 0.941 bits per heavy atom. The molecular formula is C13H12O3Si. The number of benzene rings is 2. The van der Waals surface area contributed by atoms with Crippen LogP contribution in [-0.4, -0.2) is 22.0 Å². The first-order valence-corrected chi connectivity index (χ1v) is 6.06. The molecule has 0 saturated carbocycles. The fraction of sp³-hybridized carbons (Fsp3) is 0.0769. The maximum absolute atomic E-state index is 9.61. The van der Waals surface area contributed by atoms with E-state index in [1.54, 1.807) is 19.2 Å². The Hall–Kier alpha value is -1.94. The lowest BCUT2D eigenvalue weighted by Crippen LogP contribution is -2.20. The van der Waals surface area contributed by atoms with Gasteiger partial charge in [-0.05, 0) is 18.2 Å². The lowest BCUT2D eigenvalue weighted by Gasteiger charge is -2.09. The summed E-state index contributed by atoms with van der Waals surface area (Å²) < 4.78 is 10.8. The van der Waals surface area contributed by atoms with Crippen molar-refractivity contribution >= 4 is 14.9 Å². The second-order valence-corrected chi connectivity index (χ2v) is 4.32. The van der Waals surface area contributed by atoms with Crippen molar-refractivity contribution in [2.45, 2.75) is 0 Å². The largest absolute Gasteiger partial charge is 0.533 e. The van der Waals surface area contributed by atoms with E-state index >= 15 is 0 Å². The van der Waals surface area contributed by atoms with Gasteiger partial charge >= 0.3 is 9.76 Å². The van der Waals surface area contributed by atoms with Gasteiger partial charge in [-0.15, -0.1) is 0 Å². The number of phenolic OH excluding ortho intramolecular Hbond substituents is 1. The number of rotatable bonds is 4. The van der Waals surface area contributed by atoms with E-state index in [4.69, 9.17) is 9.16 Å². The van der Waals surface area contributed by atoms with Crippen LogP contribution in [-0.2, 0) is 0 Å². The van der Waals surface area contributed by atoms with Crippen LogP contribution in [0.15, 0.2) is 48.5 Å². The van der Waals surface area contributed by atoms with Gasteiger partial charge in [0.05, 0.1) is 7.11 Å². The summed E-state index contributed by atoms with van der Waals surface area (Å²) in [4.78, 5) is 0. The highest BCUT2D eigenvalue weighted by atomic mass is 28.2. The molecule has 2 aromatic rings. The normalized spacial score (nSPS) is 9.94. The summed E-state index contributed by atoms with van der Waals surface area (Å²) in [7, 11) is 1.65. The van der Waals surface area contributed by atoms with Gasteiger partial charge in [-0.1, -0.05) is 30.3 Å². The van der Waals surface area contributed by atoms with Gasteiger partial charge in [-0.25, -0.2) is 0 Å². The quantitative estimate of drug-likeness (QED) is 0.832. The number of ether oxygens (including phenoxy) is 1. The molecule has 17 heavy (non-hydrogen) atoms. The van der Waals surface area contributed by atoms with E-state index in [0.29, 0.717) is 11.5 Å². The van der Waals surface area contributed by atoms with Crippen molar-refractivity contribution in [3.8, 4) is 17.2 Å². The van der Waals surface area contributed by atoms with Gasteiger partial charge < -0.3 is 14.3 Å². The predicted molar refractivity (Wildman–Crippen MR) is 67.1 cm³/mol. The second kappa shape index (κ2) is 5.40. The number of aromatic hydroxyl groups is 1. The van der Waals surface area contributed by atoms with Crippen LogP contribution in [0, 0.1) is 0 Å². The minimum Gasteiger partial charge on any atom is -0.533 e. The highest BCUT2D eigenvalue weighted by molar-refractivity contribution is 6.49. The molecule has 2 rings (SSSR count). The first-order chi connectivity index (χ1) is 8.31. The molecule has 0 amide bonds. The van der Waals surface area contributed by atoms with Gasteiger partial charge in [0.1, 0.15) is 11.5 Å². The van der Waals surface area contributed by atoms with Crippen molar-refractivity contribution in [1.29, 1.82) is 0 Å². The molecule has 0 atom stereocenters. The van der Waals surface area contributed by atoms with Crippen LogP contribution in [0.1, 0.15) is 0 Å². The molecule has 0 aromatic heterocycles. The Kier molecular flexibility index (Phi) is 3.67. The van der Waals surface area contributed by atoms with Gasteiger partial charge in [0.2, 0.25) is 0 Å². The Labute approximate surface area is 103 Å². The molecule has 0 heterocycles. The van der Waals surface area contributed by atoms with Crippen LogP contribution in [0.4, 0.5) is 0 Å². The van der Waals surface area contributed by atoms with Gasteiger partial charge in [0.15, 0.2) is 5.75 Å². The van der Waals surface area contributed by atoms with Gasteiger partial charge in [0, 0.05) is 5.19 Å². The molecule has 1 N–H and O–H groups in total. The average Bonchev–Trinajstić information content (AvgIpc) is 2.38. The Morgan fingerprint density at radius 2 is 1.59 bits per heavy atom. The number of phenols is 1. The lowest BCUT2D eigenvalue weighted by molar-refractivity contribution is 0.396. The van der Waals surface area contributed by atoms with Crippen LogP contribution >= 0.6 is 0 Å². The van der Waals surface area contributed by atoms with Crippen LogP contribution in [0.25, 0.3) is 0 Å². The second-order valence-electron chi connectivity index (χ2n) is 3.37. The van der Waals surface area contributed by atoms with Crippen LogP contribution in [0.2, 0.25) is 0 Å². The van der Waals surface area contributed by atoms with E-state index in [2.05, 4.69) is 0 Å². The smallest absolute Gasteiger partial charge is 0.355 e. The Balaban J connectivity index is 2.10. The highest BCUT2D eigenvalue weighted by Crippen LogP contribution is 2.25. The van der Waals surface area contributed by atoms with Crippen LogP contribution < -0.4 is 14.3 Å². The Bertz CT molecular complexity index is 500. The molecule has 0 aliphatic carbocycles. The number of para-hydroxylation sites is 3. The highest BCUT2D eigenvalue weighted by Gasteiger charge is 2.07. The molecule has 4 heteroatoms. The van der Waals surface area contributed by atoms with Crippen molar-refractivity contribution in [3.05, 3.63) is 48.5 Å². The molecule has 0 bridgehead atoms. The van der Waals surface area contributed by atoms with Gasteiger partial charge in [-0.2, -0.15) is 0 Å². The van der Waals surface area contributed by atoms with Crippen molar-refractivity contribution < 1.29 is 14.3 Å². The first-order valence-electron chi connectivity index (χ1n) is 5.15. The molecule has 0 spiro atoms. The minimum absolute atomic E-state index is 0.0502. The summed E-state index contributed by atoms with van der Waals surface area (Å²) in [5.41, 5.74) is 0. The summed E-state index contributed by atoms with van der Waals surface area (Å²) in [6.45, 7) is 0. The summed E-state index contributed by atoms with van der Waals surface area (Å²) in [5, 5.41) is 10.4. The summed E-state index contributed by atoms with van der Waals surface area (Å²) in [6.07, 6.45) is 0. The van der Waals surface area contributed by atoms with Crippen LogP contribution in [0.3, 0.4) is 0 Å². The Morgan fingerprint density at radius 3 is 2.29 bits per heavy atom. The maximum atomic E-state index is 9.61. The number of hydrogen-bond donors (Lipinski definition) is 1. The molecule has 86 valence electrons. The third kappa shape index (κ3) is 2.79. The SMILES string of the molecule is COc1ccccc1O[Si]c1ccccc1O. The topological polar surface area (TPSA) is 38.7 Å². The van der Waals surface area contributed by atoms with Crippen LogP contribution in [0.5, 0.6) is 17.2 Å². The van der Waals surface area contributed by atoms with E-state index < -0.39 is 0 Å². The summed E-state index contributed by atoms with van der Waals surface area (Å²) >= 11 is 0. The zero-order valence-electron chi connectivity index (χ0n) is 9.38. The standard InChI is InChI=1S/C13H12O3Si/c1-15-11-7-3-4-8-12(11)16-17-13-9-5-2-6-10(13)14/h2-9,14H,1H3. The molecule has 0 unspecified atom stereocenters. The molecule has 2 radical (unpaired) electrons. The van der Waals surface area contributed by atoms with E-state index in [0.717, 1.165) is 5.19 Å². The average molecular weight is 244 g/mol. The van der Waals surface area contributed by atoms with E-state index in [-0.39, 0.29) is 15.5 Å². The van der Waals surface area contributed by atoms with Crippen molar-refractivity contribution in [3.63, 3.8) is 0 Å². The summed E-state index contributed by atoms with van der Waals surface area (Å²) in [5.74, 6) is 1.62. The van der Waals surface area contributed by atoms with Gasteiger partial charge in [-0.3, -0.25) is 0 Å². The monoisotopic (exact) mass is 244 g/mol. The van der Waals surface area contributed by atoms with E-state index in [9.17, 15) is 5.11 Å². The van der Waals surface area contributed by atoms with Gasteiger partial charge in [0.25, 0.3) is 0 Å². The van der Waals surface area contributed by atoms with E-state index in [1.165, 1.54) is 0 Å². The zero-order valence-corrected chi connectivity index (χ0v) is 10.4. The molecule has 2 aromatic carbocycles. The fourth-order valence-corrected chi connectivity index (χ4v) is 2.11. The van der Waals surface area contributed by atoms with Crippen molar-refractivity contribution in [1.82, 2.24) is 0 Å².